The van der Waals surface area contributed by atoms with Crippen molar-refractivity contribution in [1.29, 1.82) is 0 Å². The average molecular weight is 512 g/mol. The van der Waals surface area contributed by atoms with Crippen LogP contribution in [0.2, 0.25) is 0 Å². The summed E-state index contributed by atoms with van der Waals surface area (Å²) in [7, 11) is 0. The van der Waals surface area contributed by atoms with Gasteiger partial charge in [-0.15, -0.1) is 0 Å². The highest BCUT2D eigenvalue weighted by atomic mass is 16.5. The van der Waals surface area contributed by atoms with Crippen LogP contribution in [-0.4, -0.2) is 45.7 Å². The van der Waals surface area contributed by atoms with Crippen LogP contribution in [0.1, 0.15) is 67.9 Å². The van der Waals surface area contributed by atoms with Crippen molar-refractivity contribution in [3.63, 3.8) is 0 Å². The predicted molar refractivity (Wildman–Crippen MR) is 154 cm³/mol. The van der Waals surface area contributed by atoms with Crippen molar-refractivity contribution in [3.8, 4) is 0 Å². The number of aromatic nitrogens is 3. The fraction of sp³-hybridized carbons (Fsp3) is 0.500. The number of unbranched alkanes of at least 4 members (excludes halogenated alkanes) is 1. The Labute approximate surface area is 226 Å². The third-order valence-electron chi connectivity index (χ3n) is 8.72. The van der Waals surface area contributed by atoms with Gasteiger partial charge in [0.1, 0.15) is 0 Å². The van der Waals surface area contributed by atoms with Gasteiger partial charge in [0.05, 0.1) is 22.9 Å². The van der Waals surface area contributed by atoms with Crippen LogP contribution < -0.4 is 5.73 Å². The number of para-hydroxylation sites is 1. The van der Waals surface area contributed by atoms with Crippen LogP contribution in [-0.2, 0) is 24.2 Å². The molecule has 1 aliphatic heterocycles. The number of nitrogens with two attached hydrogens (primary N) is 1. The first-order chi connectivity index (χ1) is 18.8. The van der Waals surface area contributed by atoms with Crippen molar-refractivity contribution >= 4 is 21.8 Å². The second-order valence-corrected chi connectivity index (χ2v) is 11.1. The Morgan fingerprint density at radius 3 is 2.74 bits per heavy atom. The highest BCUT2D eigenvalue weighted by molar-refractivity contribution is 6.08. The molecule has 0 saturated carbocycles. The number of pyridine rings is 2. The topological polar surface area (TPSA) is 69.2 Å². The van der Waals surface area contributed by atoms with Gasteiger partial charge in [-0.1, -0.05) is 24.3 Å². The summed E-state index contributed by atoms with van der Waals surface area (Å²) in [6.07, 6.45) is 13.1. The van der Waals surface area contributed by atoms with Crippen molar-refractivity contribution in [2.24, 2.45) is 11.7 Å². The molecule has 6 nitrogen and oxygen atoms in total. The summed E-state index contributed by atoms with van der Waals surface area (Å²) >= 11 is 0. The van der Waals surface area contributed by atoms with Gasteiger partial charge in [-0.25, -0.2) is 0 Å². The Morgan fingerprint density at radius 2 is 1.84 bits per heavy atom. The third-order valence-corrected chi connectivity index (χ3v) is 8.72. The molecule has 0 spiro atoms. The minimum Gasteiger partial charge on any atom is -0.381 e. The van der Waals surface area contributed by atoms with Crippen LogP contribution in [0.15, 0.2) is 54.9 Å². The van der Waals surface area contributed by atoms with Gasteiger partial charge in [0.15, 0.2) is 0 Å². The Hall–Kier alpha value is -2.80. The van der Waals surface area contributed by atoms with Gasteiger partial charge in [0, 0.05) is 55.0 Å². The number of benzene rings is 1. The fourth-order valence-corrected chi connectivity index (χ4v) is 6.70. The first-order valence-corrected chi connectivity index (χ1v) is 14.6. The van der Waals surface area contributed by atoms with E-state index in [1.165, 1.54) is 64.4 Å². The molecule has 1 fully saturated rings. The Balaban J connectivity index is 1.38. The Morgan fingerprint density at radius 1 is 0.947 bits per heavy atom. The smallest absolute Gasteiger partial charge is 0.0786 e. The lowest BCUT2D eigenvalue weighted by molar-refractivity contribution is 0.0628. The van der Waals surface area contributed by atoms with E-state index in [4.69, 9.17) is 20.4 Å². The molecule has 4 aromatic rings. The SMILES string of the molecule is NCCCCN(Cc1nccc2c3ccccc3n(CCC3CCOCC3)c12)C1CCCc2cccnc21. The van der Waals surface area contributed by atoms with Crippen LogP contribution in [0.25, 0.3) is 21.8 Å². The fourth-order valence-electron chi connectivity index (χ4n) is 6.70. The number of ether oxygens (including phenoxy) is 1. The summed E-state index contributed by atoms with van der Waals surface area (Å²) in [5.41, 5.74) is 12.4. The lowest BCUT2D eigenvalue weighted by atomic mass is 9.90. The number of hydrogen-bond acceptors (Lipinski definition) is 5. The molecule has 6 rings (SSSR count). The zero-order chi connectivity index (χ0) is 25.7. The van der Waals surface area contributed by atoms with Crippen molar-refractivity contribution in [2.75, 3.05) is 26.3 Å². The van der Waals surface area contributed by atoms with Gasteiger partial charge in [-0.2, -0.15) is 0 Å². The molecule has 6 heteroatoms. The van der Waals surface area contributed by atoms with Crippen molar-refractivity contribution in [2.45, 2.75) is 70.5 Å². The lowest BCUT2D eigenvalue weighted by Crippen LogP contribution is -2.33. The van der Waals surface area contributed by atoms with E-state index in [9.17, 15) is 0 Å². The lowest BCUT2D eigenvalue weighted by Gasteiger charge is -2.35. The number of rotatable bonds is 10. The van der Waals surface area contributed by atoms with Gasteiger partial charge in [-0.05, 0) is 94.1 Å². The molecule has 0 amide bonds. The van der Waals surface area contributed by atoms with Crippen LogP contribution in [0, 0.1) is 5.92 Å². The van der Waals surface area contributed by atoms with Crippen LogP contribution >= 0.6 is 0 Å². The molecule has 1 saturated heterocycles. The molecule has 1 aromatic carbocycles. The summed E-state index contributed by atoms with van der Waals surface area (Å²) < 4.78 is 8.19. The van der Waals surface area contributed by atoms with E-state index in [1.54, 1.807) is 0 Å². The molecule has 0 bridgehead atoms. The van der Waals surface area contributed by atoms with Gasteiger partial charge in [0.2, 0.25) is 0 Å². The van der Waals surface area contributed by atoms with E-state index in [0.29, 0.717) is 6.04 Å². The van der Waals surface area contributed by atoms with Crippen molar-refractivity contribution < 1.29 is 4.74 Å². The molecule has 4 heterocycles. The molecule has 200 valence electrons. The number of aryl methyl sites for hydroxylation is 2. The van der Waals surface area contributed by atoms with E-state index in [-0.39, 0.29) is 0 Å². The molecule has 1 atom stereocenters. The minimum absolute atomic E-state index is 0.329. The standard InChI is InChI=1S/C32H41N5O/c33-16-3-4-19-36(30-11-5-7-25-8-6-17-35-31(25)30)23-28-32-27(12-18-34-28)26-9-1-2-10-29(26)37(32)20-13-24-14-21-38-22-15-24/h1-2,6,8-10,12,17-18,24,30H,3-5,7,11,13-16,19-23,33H2. The molecule has 1 aliphatic carbocycles. The highest BCUT2D eigenvalue weighted by Crippen LogP contribution is 2.36. The molecule has 0 radical (unpaired) electrons. The maximum absolute atomic E-state index is 5.90. The van der Waals surface area contributed by atoms with Gasteiger partial charge in [-0.3, -0.25) is 14.9 Å². The largest absolute Gasteiger partial charge is 0.381 e. The van der Waals surface area contributed by atoms with Gasteiger partial charge in [0.25, 0.3) is 0 Å². The molecule has 2 N–H and O–H groups in total. The molecular weight excluding hydrogens is 470 g/mol. The van der Waals surface area contributed by atoms with Crippen molar-refractivity contribution in [1.82, 2.24) is 19.4 Å². The maximum Gasteiger partial charge on any atom is 0.0786 e. The maximum atomic E-state index is 5.90. The second kappa shape index (κ2) is 11.9. The summed E-state index contributed by atoms with van der Waals surface area (Å²) in [6, 6.07) is 15.8. The van der Waals surface area contributed by atoms with Crippen molar-refractivity contribution in [3.05, 3.63) is 71.8 Å². The van der Waals surface area contributed by atoms with E-state index in [0.717, 1.165) is 71.0 Å². The predicted octanol–water partition coefficient (Wildman–Crippen LogP) is 6.02. The number of nitrogens with zero attached hydrogens (tertiary/aromatic N) is 4. The van der Waals surface area contributed by atoms with Gasteiger partial charge >= 0.3 is 0 Å². The first kappa shape index (κ1) is 25.5. The third kappa shape index (κ3) is 5.22. The van der Waals surface area contributed by atoms with E-state index in [1.807, 2.05) is 12.4 Å². The number of hydrogen-bond donors (Lipinski definition) is 1. The van der Waals surface area contributed by atoms with E-state index in [2.05, 4.69) is 51.9 Å². The Kier molecular flexibility index (Phi) is 8.00. The number of fused-ring (bicyclic) bond motifs is 4. The molecule has 1 unspecified atom stereocenters. The zero-order valence-corrected chi connectivity index (χ0v) is 22.5. The Bertz CT molecular complexity index is 1360. The highest BCUT2D eigenvalue weighted by Gasteiger charge is 2.28. The summed E-state index contributed by atoms with van der Waals surface area (Å²) in [6.45, 7) is 5.41. The molecule has 38 heavy (non-hydrogen) atoms. The average Bonchev–Trinajstić information content (AvgIpc) is 3.30. The zero-order valence-electron chi connectivity index (χ0n) is 22.5. The summed E-state index contributed by atoms with van der Waals surface area (Å²) in [5, 5.41) is 2.65. The van der Waals surface area contributed by atoms with E-state index >= 15 is 0 Å². The monoisotopic (exact) mass is 511 g/mol. The first-order valence-electron chi connectivity index (χ1n) is 14.6. The molecule has 3 aromatic heterocycles. The van der Waals surface area contributed by atoms with Crippen LogP contribution in [0.3, 0.4) is 0 Å². The van der Waals surface area contributed by atoms with Gasteiger partial charge < -0.3 is 15.0 Å². The second-order valence-electron chi connectivity index (χ2n) is 11.1. The van der Waals surface area contributed by atoms with Crippen LogP contribution in [0.5, 0.6) is 0 Å². The normalized spacial score (nSPS) is 18.4. The summed E-state index contributed by atoms with van der Waals surface area (Å²) in [4.78, 5) is 12.6. The quantitative estimate of drug-likeness (QED) is 0.264. The summed E-state index contributed by atoms with van der Waals surface area (Å²) in [5.74, 6) is 0.734. The molecule has 2 aliphatic rings. The molecular formula is C32H41N5O. The minimum atomic E-state index is 0.329. The van der Waals surface area contributed by atoms with Crippen LogP contribution in [0.4, 0.5) is 0 Å². The van der Waals surface area contributed by atoms with E-state index < -0.39 is 0 Å².